The molecule has 0 saturated carbocycles. The van der Waals surface area contributed by atoms with Gasteiger partial charge in [0.1, 0.15) is 5.75 Å². The van der Waals surface area contributed by atoms with E-state index in [0.717, 1.165) is 0 Å². The minimum absolute atomic E-state index is 0.0419. The average molecular weight is 296 g/mol. The van der Waals surface area contributed by atoms with Gasteiger partial charge in [-0.1, -0.05) is 11.6 Å². The molecule has 0 unspecified atom stereocenters. The summed E-state index contributed by atoms with van der Waals surface area (Å²) in [6.07, 6.45) is 0. The number of halogens is 3. The Kier molecular flexibility index (Phi) is 7.01. The van der Waals surface area contributed by atoms with Crippen LogP contribution in [-0.4, -0.2) is 48.0 Å². The summed E-state index contributed by atoms with van der Waals surface area (Å²) in [5, 5.41) is 18.2. The maximum absolute atomic E-state index is 12.3. The topological polar surface area (TPSA) is 52.9 Å². The molecule has 7 heteroatoms. The van der Waals surface area contributed by atoms with E-state index in [9.17, 15) is 8.78 Å². The van der Waals surface area contributed by atoms with Crippen LogP contribution >= 0.6 is 11.6 Å². The monoisotopic (exact) mass is 295 g/mol. The second kappa shape index (κ2) is 8.27. The molecular weight excluding hydrogens is 280 g/mol. The van der Waals surface area contributed by atoms with Crippen LogP contribution in [0.25, 0.3) is 0 Å². The Labute approximate surface area is 115 Å². The highest BCUT2D eigenvalue weighted by Crippen LogP contribution is 2.25. The lowest BCUT2D eigenvalue weighted by atomic mass is 10.2. The first-order valence-electron chi connectivity index (χ1n) is 5.74. The highest BCUT2D eigenvalue weighted by Gasteiger charge is 2.13. The van der Waals surface area contributed by atoms with E-state index in [1.807, 2.05) is 0 Å². The Morgan fingerprint density at radius 1 is 1.21 bits per heavy atom. The molecule has 1 aromatic rings. The Bertz CT molecular complexity index is 387. The molecule has 0 aliphatic heterocycles. The molecule has 0 aromatic heterocycles. The first-order valence-corrected chi connectivity index (χ1v) is 6.12. The van der Waals surface area contributed by atoms with Crippen molar-refractivity contribution in [3.05, 3.63) is 28.8 Å². The summed E-state index contributed by atoms with van der Waals surface area (Å²) >= 11 is 5.83. The number of hydrogen-bond donors (Lipinski definition) is 2. The zero-order chi connectivity index (χ0) is 14.3. The molecule has 0 aliphatic rings. The van der Waals surface area contributed by atoms with Crippen LogP contribution in [0.1, 0.15) is 5.56 Å². The van der Waals surface area contributed by atoms with Crippen molar-refractivity contribution < 1.29 is 23.7 Å². The van der Waals surface area contributed by atoms with Crippen LogP contribution in [0.4, 0.5) is 8.78 Å². The van der Waals surface area contributed by atoms with Gasteiger partial charge in [-0.15, -0.1) is 0 Å². The van der Waals surface area contributed by atoms with Crippen molar-refractivity contribution in [2.75, 3.05) is 26.3 Å². The van der Waals surface area contributed by atoms with E-state index >= 15 is 0 Å². The van der Waals surface area contributed by atoms with E-state index in [4.69, 9.17) is 21.8 Å². The largest absolute Gasteiger partial charge is 0.434 e. The molecule has 0 heterocycles. The van der Waals surface area contributed by atoms with Crippen LogP contribution in [0.5, 0.6) is 5.75 Å². The second-order valence-electron chi connectivity index (χ2n) is 3.85. The van der Waals surface area contributed by atoms with Crippen LogP contribution in [0.3, 0.4) is 0 Å². The number of ether oxygens (including phenoxy) is 1. The molecule has 0 bridgehead atoms. The second-order valence-corrected chi connectivity index (χ2v) is 4.29. The minimum atomic E-state index is -2.91. The van der Waals surface area contributed by atoms with E-state index in [1.165, 1.54) is 18.2 Å². The smallest absolute Gasteiger partial charge is 0.387 e. The number of alkyl halides is 2. The molecule has 0 amide bonds. The highest BCUT2D eigenvalue weighted by molar-refractivity contribution is 6.30. The van der Waals surface area contributed by atoms with Gasteiger partial charge >= 0.3 is 6.61 Å². The fourth-order valence-corrected chi connectivity index (χ4v) is 1.87. The van der Waals surface area contributed by atoms with Crippen LogP contribution in [0, 0.1) is 0 Å². The van der Waals surface area contributed by atoms with Crippen molar-refractivity contribution in [1.82, 2.24) is 4.90 Å². The lowest BCUT2D eigenvalue weighted by molar-refractivity contribution is -0.0508. The fourth-order valence-electron chi connectivity index (χ4n) is 1.68. The molecule has 0 radical (unpaired) electrons. The standard InChI is InChI=1S/C12H16ClF2NO3/c13-10-1-2-11(19-12(14)15)9(7-10)8-16(3-5-17)4-6-18/h1-2,7,12,17-18H,3-6,8H2. The number of rotatable bonds is 8. The maximum Gasteiger partial charge on any atom is 0.387 e. The number of benzene rings is 1. The summed E-state index contributed by atoms with van der Waals surface area (Å²) in [4.78, 5) is 1.71. The van der Waals surface area contributed by atoms with Gasteiger partial charge in [0.25, 0.3) is 0 Å². The number of aliphatic hydroxyl groups is 2. The van der Waals surface area contributed by atoms with Gasteiger partial charge in [0.2, 0.25) is 0 Å². The van der Waals surface area contributed by atoms with Crippen molar-refractivity contribution >= 4 is 11.6 Å². The number of hydrogen-bond acceptors (Lipinski definition) is 4. The summed E-state index contributed by atoms with van der Waals surface area (Å²) in [5.74, 6) is 0.0419. The van der Waals surface area contributed by atoms with Crippen molar-refractivity contribution in [3.63, 3.8) is 0 Å². The Balaban J connectivity index is 2.86. The van der Waals surface area contributed by atoms with E-state index in [-0.39, 0.29) is 25.5 Å². The predicted octanol–water partition coefficient (Wildman–Crippen LogP) is 1.73. The zero-order valence-electron chi connectivity index (χ0n) is 10.2. The van der Waals surface area contributed by atoms with Crippen molar-refractivity contribution in [1.29, 1.82) is 0 Å². The molecule has 1 aromatic carbocycles. The third-order valence-electron chi connectivity index (χ3n) is 2.46. The third kappa shape index (κ3) is 5.69. The normalized spacial score (nSPS) is 11.3. The zero-order valence-corrected chi connectivity index (χ0v) is 11.0. The summed E-state index contributed by atoms with van der Waals surface area (Å²) in [7, 11) is 0. The molecule has 2 N–H and O–H groups in total. The van der Waals surface area contributed by atoms with Crippen molar-refractivity contribution in [2.24, 2.45) is 0 Å². The van der Waals surface area contributed by atoms with Crippen molar-refractivity contribution in [3.8, 4) is 5.75 Å². The highest BCUT2D eigenvalue weighted by atomic mass is 35.5. The van der Waals surface area contributed by atoms with Gasteiger partial charge in [-0.25, -0.2) is 0 Å². The van der Waals surface area contributed by atoms with Gasteiger partial charge in [0, 0.05) is 30.2 Å². The van der Waals surface area contributed by atoms with Crippen LogP contribution in [0.15, 0.2) is 18.2 Å². The molecule has 0 fully saturated rings. The van der Waals surface area contributed by atoms with Crippen LogP contribution in [0.2, 0.25) is 5.02 Å². The predicted molar refractivity (Wildman–Crippen MR) is 67.5 cm³/mol. The van der Waals surface area contributed by atoms with E-state index in [0.29, 0.717) is 23.7 Å². The third-order valence-corrected chi connectivity index (χ3v) is 2.70. The van der Waals surface area contributed by atoms with Gasteiger partial charge in [-0.2, -0.15) is 8.78 Å². The summed E-state index contributed by atoms with van der Waals surface area (Å²) in [6, 6.07) is 4.37. The lowest BCUT2D eigenvalue weighted by Crippen LogP contribution is -2.29. The molecule has 19 heavy (non-hydrogen) atoms. The Morgan fingerprint density at radius 2 is 1.84 bits per heavy atom. The van der Waals surface area contributed by atoms with Gasteiger partial charge in [0.15, 0.2) is 0 Å². The Hall–Kier alpha value is -0.950. The van der Waals surface area contributed by atoms with Crippen LogP contribution in [-0.2, 0) is 6.54 Å². The van der Waals surface area contributed by atoms with Crippen LogP contribution < -0.4 is 4.74 Å². The number of aliphatic hydroxyl groups excluding tert-OH is 2. The molecule has 0 saturated heterocycles. The lowest BCUT2D eigenvalue weighted by Gasteiger charge is -2.21. The van der Waals surface area contributed by atoms with Gasteiger partial charge in [-0.05, 0) is 18.2 Å². The number of nitrogens with zero attached hydrogens (tertiary/aromatic N) is 1. The minimum Gasteiger partial charge on any atom is -0.434 e. The fraction of sp³-hybridized carbons (Fsp3) is 0.500. The first kappa shape index (κ1) is 16.1. The van der Waals surface area contributed by atoms with Crippen molar-refractivity contribution in [2.45, 2.75) is 13.2 Å². The van der Waals surface area contributed by atoms with E-state index < -0.39 is 6.61 Å². The SMILES string of the molecule is OCCN(CCO)Cc1cc(Cl)ccc1OC(F)F. The molecule has 0 aliphatic carbocycles. The molecule has 0 spiro atoms. The molecule has 1 rings (SSSR count). The molecule has 4 nitrogen and oxygen atoms in total. The summed E-state index contributed by atoms with van der Waals surface area (Å²) < 4.78 is 29.0. The first-order chi connectivity index (χ1) is 9.06. The summed E-state index contributed by atoms with van der Waals surface area (Å²) in [6.45, 7) is -2.20. The van der Waals surface area contributed by atoms with E-state index in [2.05, 4.69) is 4.74 Å². The summed E-state index contributed by atoms with van der Waals surface area (Å²) in [5.41, 5.74) is 0.481. The van der Waals surface area contributed by atoms with Gasteiger partial charge in [-0.3, -0.25) is 4.90 Å². The van der Waals surface area contributed by atoms with Gasteiger partial charge < -0.3 is 14.9 Å². The van der Waals surface area contributed by atoms with Gasteiger partial charge in [0.05, 0.1) is 13.2 Å². The quantitative estimate of drug-likeness (QED) is 0.767. The molecule has 0 atom stereocenters. The maximum atomic E-state index is 12.3. The van der Waals surface area contributed by atoms with E-state index in [1.54, 1.807) is 4.90 Å². The molecular formula is C12H16ClF2NO3. The Morgan fingerprint density at radius 3 is 2.37 bits per heavy atom. The average Bonchev–Trinajstić information content (AvgIpc) is 2.33. The molecule has 108 valence electrons.